The number of ether oxygens (including phenoxy) is 2. The summed E-state index contributed by atoms with van der Waals surface area (Å²) in [7, 11) is -4.35. The molecule has 8 heteroatoms. The van der Waals surface area contributed by atoms with Gasteiger partial charge in [0.15, 0.2) is 0 Å². The van der Waals surface area contributed by atoms with Crippen molar-refractivity contribution in [1.82, 2.24) is 9.71 Å². The average molecular weight is 501 g/mol. The highest BCUT2D eigenvalue weighted by Crippen LogP contribution is 2.55. The highest BCUT2D eigenvalue weighted by Gasteiger charge is 2.49. The van der Waals surface area contributed by atoms with Gasteiger partial charge in [-0.15, -0.1) is 0 Å². The normalized spacial score (nSPS) is 20.9. The molecule has 2 N–H and O–H groups in total. The van der Waals surface area contributed by atoms with Crippen molar-refractivity contribution in [3.8, 4) is 22.6 Å². The maximum absolute atomic E-state index is 11.4. The van der Waals surface area contributed by atoms with E-state index < -0.39 is 22.1 Å². The molecule has 0 saturated heterocycles. The number of benzene rings is 3. The molecule has 3 atom stereocenters. The molecule has 0 radical (unpaired) electrons. The van der Waals surface area contributed by atoms with Crippen molar-refractivity contribution in [2.75, 3.05) is 0 Å². The number of fused-ring (bicyclic) bond motifs is 6. The molecule has 2 aliphatic rings. The third kappa shape index (κ3) is 4.03. The Morgan fingerprint density at radius 3 is 2.36 bits per heavy atom. The molecule has 2 bridgehead atoms. The molecule has 1 aromatic heterocycles. The number of rotatable bonds is 5. The number of hydrogen-bond acceptors (Lipinski definition) is 5. The van der Waals surface area contributed by atoms with E-state index >= 15 is 0 Å². The minimum atomic E-state index is -4.35. The maximum atomic E-state index is 11.4. The van der Waals surface area contributed by atoms with E-state index in [1.165, 1.54) is 0 Å². The van der Waals surface area contributed by atoms with Crippen molar-refractivity contribution >= 4 is 10.3 Å². The number of hydrogen-bond donors (Lipinski definition) is 2. The third-order valence-electron chi connectivity index (χ3n) is 6.85. The van der Waals surface area contributed by atoms with Crippen LogP contribution in [0.2, 0.25) is 0 Å². The minimum Gasteiger partial charge on any atom is -0.448 e. The number of pyridine rings is 1. The van der Waals surface area contributed by atoms with Crippen LogP contribution in [0.5, 0.6) is 11.5 Å². The predicted molar refractivity (Wildman–Crippen MR) is 135 cm³/mol. The Kier molecular flexibility index (Phi) is 5.33. The van der Waals surface area contributed by atoms with Gasteiger partial charge in [-0.2, -0.15) is 13.1 Å². The van der Waals surface area contributed by atoms with Crippen LogP contribution in [-0.4, -0.2) is 18.0 Å². The van der Waals surface area contributed by atoms with Gasteiger partial charge >= 0.3 is 10.3 Å². The Morgan fingerprint density at radius 2 is 1.67 bits per heavy atom. The Labute approximate surface area is 209 Å². The average Bonchev–Trinajstić information content (AvgIpc) is 2.88. The predicted octanol–water partition coefficient (Wildman–Crippen LogP) is 5.36. The fraction of sp³-hybridized carbons (Fsp3) is 0.179. The van der Waals surface area contributed by atoms with Crippen LogP contribution < -0.4 is 14.2 Å². The van der Waals surface area contributed by atoms with E-state index in [2.05, 4.69) is 15.8 Å². The second kappa shape index (κ2) is 8.44. The first-order chi connectivity index (χ1) is 17.3. The second-order valence-corrected chi connectivity index (χ2v) is 10.4. The van der Waals surface area contributed by atoms with E-state index in [0.717, 1.165) is 39.1 Å². The van der Waals surface area contributed by atoms with E-state index in [0.29, 0.717) is 12.2 Å². The van der Waals surface area contributed by atoms with Crippen molar-refractivity contribution < 1.29 is 22.4 Å². The molecule has 3 heterocycles. The SMILES string of the molecule is CC(NS(=O)(=O)O)c1ccc2c(c1)C1CC(c3ccccc3)(Oc3ccc(-c4cccnc4)cc31)O2. The van der Waals surface area contributed by atoms with Crippen molar-refractivity contribution in [3.63, 3.8) is 0 Å². The summed E-state index contributed by atoms with van der Waals surface area (Å²) >= 11 is 0. The Hall–Kier alpha value is -3.72. The zero-order valence-electron chi connectivity index (χ0n) is 19.5. The van der Waals surface area contributed by atoms with E-state index in [1.54, 1.807) is 19.2 Å². The first kappa shape index (κ1) is 22.7. The molecule has 0 saturated carbocycles. The first-order valence-electron chi connectivity index (χ1n) is 11.7. The number of aromatic nitrogens is 1. The molecule has 7 nitrogen and oxygen atoms in total. The third-order valence-corrected chi connectivity index (χ3v) is 7.50. The van der Waals surface area contributed by atoms with Gasteiger partial charge in [-0.05, 0) is 48.4 Å². The molecule has 0 amide bonds. The van der Waals surface area contributed by atoms with Crippen molar-refractivity contribution in [3.05, 3.63) is 114 Å². The van der Waals surface area contributed by atoms with E-state index in [-0.39, 0.29) is 5.92 Å². The molecular weight excluding hydrogens is 476 g/mol. The van der Waals surface area contributed by atoms with Crippen LogP contribution in [0.15, 0.2) is 91.3 Å². The molecular formula is C28H24N2O5S. The summed E-state index contributed by atoms with van der Waals surface area (Å²) in [4.78, 5) is 4.25. The van der Waals surface area contributed by atoms with Crippen LogP contribution in [0.25, 0.3) is 11.1 Å². The fourth-order valence-corrected chi connectivity index (χ4v) is 5.75. The smallest absolute Gasteiger partial charge is 0.333 e. The standard InChI is InChI=1S/C28H24N2O5S/c1-18(30-36(31,32)33)19-9-11-26-23(14-19)25-16-28(34-26,22-7-3-2-4-8-22)35-27-12-10-20(15-24(25)27)21-6-5-13-29-17-21/h2-15,17-18,25,30H,16H2,1H3,(H,31,32,33). The van der Waals surface area contributed by atoms with Gasteiger partial charge in [-0.25, -0.2) is 0 Å². The summed E-state index contributed by atoms with van der Waals surface area (Å²) in [6.07, 6.45) is 4.13. The summed E-state index contributed by atoms with van der Waals surface area (Å²) in [5, 5.41) is 0. The Balaban J connectivity index is 1.50. The van der Waals surface area contributed by atoms with Gasteiger partial charge in [0.05, 0.1) is 0 Å². The van der Waals surface area contributed by atoms with Crippen LogP contribution >= 0.6 is 0 Å². The van der Waals surface area contributed by atoms with E-state index in [1.807, 2.05) is 72.9 Å². The Bertz CT molecular complexity index is 1540. The van der Waals surface area contributed by atoms with E-state index in [9.17, 15) is 13.0 Å². The number of nitrogens with one attached hydrogen (secondary N) is 1. The van der Waals surface area contributed by atoms with E-state index in [4.69, 9.17) is 9.47 Å². The zero-order chi connectivity index (χ0) is 24.9. The largest absolute Gasteiger partial charge is 0.448 e. The van der Waals surface area contributed by atoms with Crippen molar-refractivity contribution in [1.29, 1.82) is 0 Å². The lowest BCUT2D eigenvalue weighted by atomic mass is 9.77. The van der Waals surface area contributed by atoms with Gasteiger partial charge < -0.3 is 9.47 Å². The van der Waals surface area contributed by atoms with Gasteiger partial charge in [0.2, 0.25) is 0 Å². The molecule has 3 unspecified atom stereocenters. The van der Waals surface area contributed by atoms with Gasteiger partial charge in [0.25, 0.3) is 5.79 Å². The molecule has 6 rings (SSSR count). The maximum Gasteiger partial charge on any atom is 0.333 e. The first-order valence-corrected chi connectivity index (χ1v) is 13.1. The summed E-state index contributed by atoms with van der Waals surface area (Å²) in [6.45, 7) is 1.69. The molecule has 2 aliphatic heterocycles. The quantitative estimate of drug-likeness (QED) is 0.358. The van der Waals surface area contributed by atoms with Crippen LogP contribution in [0.1, 0.15) is 47.6 Å². The van der Waals surface area contributed by atoms with Gasteiger partial charge in [-0.3, -0.25) is 9.54 Å². The van der Waals surface area contributed by atoms with Gasteiger partial charge in [0, 0.05) is 53.0 Å². The van der Waals surface area contributed by atoms with Crippen molar-refractivity contribution in [2.24, 2.45) is 0 Å². The molecule has 36 heavy (non-hydrogen) atoms. The minimum absolute atomic E-state index is 0.0628. The number of nitrogens with zero attached hydrogens (tertiary/aromatic N) is 1. The fourth-order valence-electron chi connectivity index (χ4n) is 5.16. The van der Waals surface area contributed by atoms with Crippen LogP contribution in [0.4, 0.5) is 0 Å². The lowest BCUT2D eigenvalue weighted by Crippen LogP contribution is -2.46. The molecule has 0 spiro atoms. The summed E-state index contributed by atoms with van der Waals surface area (Å²) in [5.41, 5.74) is 5.65. The van der Waals surface area contributed by atoms with Crippen LogP contribution in [0, 0.1) is 0 Å². The molecule has 182 valence electrons. The Morgan fingerprint density at radius 1 is 0.944 bits per heavy atom. The summed E-state index contributed by atoms with van der Waals surface area (Å²) in [6, 6.07) is 24.9. The second-order valence-electron chi connectivity index (χ2n) is 9.19. The lowest BCUT2D eigenvalue weighted by Gasteiger charge is -2.46. The summed E-state index contributed by atoms with van der Waals surface area (Å²) in [5.74, 6) is 0.368. The molecule has 0 aliphatic carbocycles. The molecule has 0 fully saturated rings. The molecule has 4 aromatic rings. The highest BCUT2D eigenvalue weighted by atomic mass is 32.2. The lowest BCUT2D eigenvalue weighted by molar-refractivity contribution is -0.148. The van der Waals surface area contributed by atoms with Crippen LogP contribution in [-0.2, 0) is 16.1 Å². The highest BCUT2D eigenvalue weighted by molar-refractivity contribution is 7.83. The monoisotopic (exact) mass is 500 g/mol. The van der Waals surface area contributed by atoms with Crippen molar-refractivity contribution in [2.45, 2.75) is 31.1 Å². The van der Waals surface area contributed by atoms with Gasteiger partial charge in [0.1, 0.15) is 11.5 Å². The zero-order valence-corrected chi connectivity index (χ0v) is 20.3. The van der Waals surface area contributed by atoms with Gasteiger partial charge in [-0.1, -0.05) is 48.5 Å². The summed E-state index contributed by atoms with van der Waals surface area (Å²) < 4.78 is 47.5. The van der Waals surface area contributed by atoms with Crippen LogP contribution in [0.3, 0.4) is 0 Å². The molecule has 3 aromatic carbocycles. The topological polar surface area (TPSA) is 97.8 Å².